The predicted molar refractivity (Wildman–Crippen MR) is 76.0 cm³/mol. The molecule has 118 valence electrons. The lowest BCUT2D eigenvalue weighted by molar-refractivity contribution is -0.144. The highest BCUT2D eigenvalue weighted by Crippen LogP contribution is 2.25. The van der Waals surface area contributed by atoms with Gasteiger partial charge in [0.1, 0.15) is 11.8 Å². The van der Waals surface area contributed by atoms with Gasteiger partial charge in [0.2, 0.25) is 0 Å². The van der Waals surface area contributed by atoms with Gasteiger partial charge in [-0.05, 0) is 25.5 Å². The van der Waals surface area contributed by atoms with Gasteiger partial charge in [-0.15, -0.1) is 12.4 Å². The Balaban J connectivity index is 0.00000220. The van der Waals surface area contributed by atoms with Gasteiger partial charge in [-0.25, -0.2) is 0 Å². The predicted octanol–water partition coefficient (Wildman–Crippen LogP) is 3.15. The average molecular weight is 322 g/mol. The number of piperidine rings is 1. The number of alkyl halides is 2. The van der Waals surface area contributed by atoms with Crippen LogP contribution in [-0.2, 0) is 11.3 Å². The van der Waals surface area contributed by atoms with E-state index in [0.29, 0.717) is 25.1 Å². The van der Waals surface area contributed by atoms with Crippen LogP contribution in [0.5, 0.6) is 5.75 Å². The standard InChI is InChI=1S/C14H17F2NO3.ClH/c15-14(16)20-12-7-2-1-5-10(12)9-17-8-4-3-6-11(17)13(18)19;/h1-2,5,7,11,14H,3-4,6,8-9H2,(H,18,19);1H. The summed E-state index contributed by atoms with van der Waals surface area (Å²) in [7, 11) is 0. The zero-order chi connectivity index (χ0) is 14.5. The van der Waals surface area contributed by atoms with E-state index in [-0.39, 0.29) is 18.2 Å². The number of carboxylic acid groups (broad SMARTS) is 1. The zero-order valence-corrected chi connectivity index (χ0v) is 12.2. The first-order valence-electron chi connectivity index (χ1n) is 6.57. The zero-order valence-electron chi connectivity index (χ0n) is 11.4. The molecule has 1 fully saturated rings. The topological polar surface area (TPSA) is 49.8 Å². The molecule has 1 aliphatic rings. The Kier molecular flexibility index (Phi) is 6.84. The molecule has 4 nitrogen and oxygen atoms in total. The number of ether oxygens (including phenoxy) is 1. The first-order chi connectivity index (χ1) is 9.58. The third kappa shape index (κ3) is 4.82. The van der Waals surface area contributed by atoms with Crippen LogP contribution in [0, 0.1) is 0 Å². The number of hydrogen-bond donors (Lipinski definition) is 1. The lowest BCUT2D eigenvalue weighted by Gasteiger charge is -2.33. The van der Waals surface area contributed by atoms with Gasteiger partial charge >= 0.3 is 12.6 Å². The molecule has 1 unspecified atom stereocenters. The van der Waals surface area contributed by atoms with Crippen molar-refractivity contribution in [2.24, 2.45) is 0 Å². The van der Waals surface area contributed by atoms with Gasteiger partial charge in [-0.1, -0.05) is 24.6 Å². The fourth-order valence-electron chi connectivity index (χ4n) is 2.52. The van der Waals surface area contributed by atoms with E-state index in [9.17, 15) is 18.7 Å². The van der Waals surface area contributed by atoms with E-state index < -0.39 is 18.6 Å². The summed E-state index contributed by atoms with van der Waals surface area (Å²) in [5.74, 6) is -0.755. The van der Waals surface area contributed by atoms with E-state index in [1.807, 2.05) is 0 Å². The molecule has 0 amide bonds. The van der Waals surface area contributed by atoms with Crippen LogP contribution in [0.1, 0.15) is 24.8 Å². The molecule has 0 saturated carbocycles. The van der Waals surface area contributed by atoms with E-state index in [2.05, 4.69) is 4.74 Å². The third-order valence-corrected chi connectivity index (χ3v) is 3.46. The van der Waals surface area contributed by atoms with E-state index in [1.165, 1.54) is 6.07 Å². The molecule has 1 aliphatic heterocycles. The summed E-state index contributed by atoms with van der Waals surface area (Å²) >= 11 is 0. The minimum atomic E-state index is -2.88. The number of benzene rings is 1. The minimum Gasteiger partial charge on any atom is -0.480 e. The number of para-hydroxylation sites is 1. The first kappa shape index (κ1) is 17.7. The fourth-order valence-corrected chi connectivity index (χ4v) is 2.52. The van der Waals surface area contributed by atoms with Crippen LogP contribution in [0.2, 0.25) is 0 Å². The Labute approximate surface area is 128 Å². The molecule has 1 aromatic rings. The van der Waals surface area contributed by atoms with Gasteiger partial charge in [0.25, 0.3) is 0 Å². The van der Waals surface area contributed by atoms with Crippen molar-refractivity contribution < 1.29 is 23.4 Å². The fraction of sp³-hybridized carbons (Fsp3) is 0.500. The van der Waals surface area contributed by atoms with Gasteiger partial charge in [0.15, 0.2) is 0 Å². The van der Waals surface area contributed by atoms with Gasteiger partial charge in [-0.3, -0.25) is 9.69 Å². The second-order valence-electron chi connectivity index (χ2n) is 4.81. The van der Waals surface area contributed by atoms with E-state index in [4.69, 9.17) is 0 Å². The Bertz CT molecular complexity index is 473. The van der Waals surface area contributed by atoms with Gasteiger partial charge in [0, 0.05) is 12.1 Å². The summed E-state index contributed by atoms with van der Waals surface area (Å²) in [4.78, 5) is 13.0. The van der Waals surface area contributed by atoms with Crippen LogP contribution < -0.4 is 4.74 Å². The molecule has 0 aromatic heterocycles. The highest BCUT2D eigenvalue weighted by molar-refractivity contribution is 5.85. The number of nitrogens with zero attached hydrogens (tertiary/aromatic N) is 1. The van der Waals surface area contributed by atoms with Crippen molar-refractivity contribution in [3.63, 3.8) is 0 Å². The first-order valence-corrected chi connectivity index (χ1v) is 6.57. The van der Waals surface area contributed by atoms with Crippen molar-refractivity contribution in [1.29, 1.82) is 0 Å². The molecule has 21 heavy (non-hydrogen) atoms. The summed E-state index contributed by atoms with van der Waals surface area (Å²) in [5.41, 5.74) is 0.584. The number of halogens is 3. The van der Waals surface area contributed by atoms with Crippen LogP contribution in [0.15, 0.2) is 24.3 Å². The molecule has 0 bridgehead atoms. The average Bonchev–Trinajstić information content (AvgIpc) is 2.41. The molecule has 1 N–H and O–H groups in total. The molecule has 1 atom stereocenters. The van der Waals surface area contributed by atoms with Gasteiger partial charge in [0.05, 0.1) is 0 Å². The second-order valence-corrected chi connectivity index (χ2v) is 4.81. The van der Waals surface area contributed by atoms with Crippen LogP contribution in [0.3, 0.4) is 0 Å². The van der Waals surface area contributed by atoms with Crippen LogP contribution >= 0.6 is 12.4 Å². The maximum atomic E-state index is 12.4. The highest BCUT2D eigenvalue weighted by atomic mass is 35.5. The molecular weight excluding hydrogens is 304 g/mol. The summed E-state index contributed by atoms with van der Waals surface area (Å²) in [6.45, 7) is -1.92. The van der Waals surface area contributed by atoms with E-state index in [1.54, 1.807) is 23.1 Å². The number of likely N-dealkylation sites (tertiary alicyclic amines) is 1. The number of rotatable bonds is 5. The van der Waals surface area contributed by atoms with Crippen molar-refractivity contribution in [3.05, 3.63) is 29.8 Å². The van der Waals surface area contributed by atoms with Crippen LogP contribution in [-0.4, -0.2) is 35.2 Å². The quantitative estimate of drug-likeness (QED) is 0.905. The Morgan fingerprint density at radius 1 is 1.38 bits per heavy atom. The van der Waals surface area contributed by atoms with Crippen molar-refractivity contribution in [2.75, 3.05) is 6.54 Å². The number of aliphatic carboxylic acids is 1. The van der Waals surface area contributed by atoms with Gasteiger partial charge in [-0.2, -0.15) is 8.78 Å². The Morgan fingerprint density at radius 3 is 2.76 bits per heavy atom. The summed E-state index contributed by atoms with van der Waals surface area (Å²) in [6, 6.07) is 5.95. The molecule has 1 saturated heterocycles. The lowest BCUT2D eigenvalue weighted by Crippen LogP contribution is -2.44. The summed E-state index contributed by atoms with van der Waals surface area (Å²) in [6.07, 6.45) is 2.39. The van der Waals surface area contributed by atoms with Crippen molar-refractivity contribution in [3.8, 4) is 5.75 Å². The lowest BCUT2D eigenvalue weighted by atomic mass is 10.0. The van der Waals surface area contributed by atoms with Crippen molar-refractivity contribution in [2.45, 2.75) is 38.5 Å². The largest absolute Gasteiger partial charge is 0.480 e. The normalized spacial score (nSPS) is 19.1. The van der Waals surface area contributed by atoms with Crippen molar-refractivity contribution in [1.82, 2.24) is 4.90 Å². The van der Waals surface area contributed by atoms with Crippen LogP contribution in [0.4, 0.5) is 8.78 Å². The smallest absolute Gasteiger partial charge is 0.387 e. The van der Waals surface area contributed by atoms with E-state index in [0.717, 1.165) is 12.8 Å². The molecule has 7 heteroatoms. The molecule has 0 spiro atoms. The monoisotopic (exact) mass is 321 g/mol. The molecular formula is C14H18ClF2NO3. The number of hydrogen-bond acceptors (Lipinski definition) is 3. The minimum absolute atomic E-state index is 0. The van der Waals surface area contributed by atoms with Gasteiger partial charge < -0.3 is 9.84 Å². The second kappa shape index (κ2) is 8.14. The number of carbonyl (C=O) groups is 1. The maximum absolute atomic E-state index is 12.4. The molecule has 0 radical (unpaired) electrons. The molecule has 1 aromatic carbocycles. The summed E-state index contributed by atoms with van der Waals surface area (Å²) in [5, 5.41) is 9.21. The summed E-state index contributed by atoms with van der Waals surface area (Å²) < 4.78 is 29.2. The molecule has 0 aliphatic carbocycles. The molecule has 1 heterocycles. The SMILES string of the molecule is Cl.O=C(O)C1CCCCN1Cc1ccccc1OC(F)F. The van der Waals surface area contributed by atoms with Crippen molar-refractivity contribution >= 4 is 18.4 Å². The molecule has 2 rings (SSSR count). The van der Waals surface area contributed by atoms with E-state index >= 15 is 0 Å². The van der Waals surface area contributed by atoms with Crippen LogP contribution in [0.25, 0.3) is 0 Å². The third-order valence-electron chi connectivity index (χ3n) is 3.46. The maximum Gasteiger partial charge on any atom is 0.387 e. The Morgan fingerprint density at radius 2 is 2.10 bits per heavy atom. The Hall–Kier alpha value is -1.40. The highest BCUT2D eigenvalue weighted by Gasteiger charge is 2.28. The number of carboxylic acids is 1.